The Bertz CT molecular complexity index is 1020. The zero-order valence-corrected chi connectivity index (χ0v) is 18.2. The molecule has 1 heterocycles. The Kier molecular flexibility index (Phi) is 7.26. The first-order valence-corrected chi connectivity index (χ1v) is 10.2. The summed E-state index contributed by atoms with van der Waals surface area (Å²) in [5.74, 6) is -0.646. The van der Waals surface area contributed by atoms with E-state index in [9.17, 15) is 19.7 Å². The molecule has 2 amide bonds. The molecule has 1 aliphatic heterocycles. The number of benzene rings is 2. The number of ether oxygens (including phenoxy) is 2. The number of nitrogens with one attached hydrogen (secondary N) is 2. The highest BCUT2D eigenvalue weighted by Gasteiger charge is 2.23. The van der Waals surface area contributed by atoms with Gasteiger partial charge in [-0.1, -0.05) is 12.1 Å². The third-order valence-corrected chi connectivity index (χ3v) is 5.31. The van der Waals surface area contributed by atoms with Gasteiger partial charge in [0.25, 0.3) is 17.5 Å². The molecule has 2 aromatic rings. The van der Waals surface area contributed by atoms with Crippen LogP contribution in [0, 0.1) is 24.0 Å². The molecule has 1 aliphatic rings. The van der Waals surface area contributed by atoms with E-state index in [2.05, 4.69) is 10.9 Å². The van der Waals surface area contributed by atoms with E-state index in [1.165, 1.54) is 18.2 Å². The van der Waals surface area contributed by atoms with E-state index in [0.717, 1.165) is 11.1 Å². The number of hydrazine groups is 1. The van der Waals surface area contributed by atoms with E-state index in [4.69, 9.17) is 9.47 Å². The van der Waals surface area contributed by atoms with Crippen LogP contribution in [-0.2, 0) is 9.53 Å². The van der Waals surface area contributed by atoms with Gasteiger partial charge >= 0.3 is 0 Å². The maximum atomic E-state index is 12.8. The molecular weight excluding hydrogens is 416 g/mol. The fourth-order valence-corrected chi connectivity index (χ4v) is 3.28. The molecule has 1 atom stereocenters. The Morgan fingerprint density at radius 1 is 1.16 bits per heavy atom. The van der Waals surface area contributed by atoms with Gasteiger partial charge in [0.15, 0.2) is 6.10 Å². The summed E-state index contributed by atoms with van der Waals surface area (Å²) in [6.45, 7) is 7.47. The van der Waals surface area contributed by atoms with Crippen molar-refractivity contribution in [2.24, 2.45) is 0 Å². The number of anilines is 1. The van der Waals surface area contributed by atoms with Crippen molar-refractivity contribution < 1.29 is 24.0 Å². The number of morpholine rings is 1. The summed E-state index contributed by atoms with van der Waals surface area (Å²) >= 11 is 0. The molecule has 32 heavy (non-hydrogen) atoms. The molecule has 0 bridgehead atoms. The number of hydrogen-bond acceptors (Lipinski definition) is 7. The number of rotatable bonds is 6. The number of carbonyl (C=O) groups excluding carboxylic acids is 2. The molecule has 0 aliphatic carbocycles. The van der Waals surface area contributed by atoms with Crippen LogP contribution in [0.25, 0.3) is 0 Å². The molecule has 0 radical (unpaired) electrons. The number of aryl methyl sites for hydroxylation is 1. The molecule has 1 fully saturated rings. The van der Waals surface area contributed by atoms with Crippen molar-refractivity contribution in [3.63, 3.8) is 0 Å². The van der Waals surface area contributed by atoms with Crippen LogP contribution in [0.15, 0.2) is 36.4 Å². The summed E-state index contributed by atoms with van der Waals surface area (Å²) in [6, 6.07) is 9.62. The van der Waals surface area contributed by atoms with E-state index >= 15 is 0 Å². The van der Waals surface area contributed by atoms with Crippen molar-refractivity contribution in [3.8, 4) is 5.75 Å². The second-order valence-electron chi connectivity index (χ2n) is 7.46. The van der Waals surface area contributed by atoms with Crippen LogP contribution in [0.2, 0.25) is 0 Å². The molecule has 0 saturated carbocycles. The summed E-state index contributed by atoms with van der Waals surface area (Å²) in [6.07, 6.45) is -0.875. The molecule has 170 valence electrons. The van der Waals surface area contributed by atoms with Gasteiger partial charge in [-0.25, -0.2) is 0 Å². The average molecular weight is 442 g/mol. The number of hydrogen-bond donors (Lipinski definition) is 2. The lowest BCUT2D eigenvalue weighted by Gasteiger charge is -2.30. The summed E-state index contributed by atoms with van der Waals surface area (Å²) < 4.78 is 11.1. The minimum absolute atomic E-state index is 0.0875. The van der Waals surface area contributed by atoms with Crippen molar-refractivity contribution in [2.75, 3.05) is 31.2 Å². The van der Waals surface area contributed by atoms with Gasteiger partial charge in [0.1, 0.15) is 5.75 Å². The Labute approximate surface area is 185 Å². The minimum atomic E-state index is -0.875. The lowest BCUT2D eigenvalue weighted by atomic mass is 10.1. The fraction of sp³-hybridized carbons (Fsp3) is 0.364. The summed E-state index contributed by atoms with van der Waals surface area (Å²) in [5, 5.41) is 11.2. The normalized spacial score (nSPS) is 14.4. The summed E-state index contributed by atoms with van der Waals surface area (Å²) in [7, 11) is 0. The van der Waals surface area contributed by atoms with E-state index in [0.29, 0.717) is 37.7 Å². The molecule has 1 unspecified atom stereocenters. The van der Waals surface area contributed by atoms with Gasteiger partial charge in [0.2, 0.25) is 0 Å². The van der Waals surface area contributed by atoms with Crippen LogP contribution in [0.1, 0.15) is 28.4 Å². The maximum absolute atomic E-state index is 12.8. The molecule has 0 aromatic heterocycles. The van der Waals surface area contributed by atoms with Crippen molar-refractivity contribution in [1.82, 2.24) is 10.9 Å². The number of nitro benzene ring substituents is 1. The molecule has 1 saturated heterocycles. The number of amides is 2. The lowest BCUT2D eigenvalue weighted by Crippen LogP contribution is -2.47. The van der Waals surface area contributed by atoms with Crippen LogP contribution in [0.4, 0.5) is 11.4 Å². The third-order valence-electron chi connectivity index (χ3n) is 5.31. The highest BCUT2D eigenvalue weighted by Crippen LogP contribution is 2.26. The first-order valence-electron chi connectivity index (χ1n) is 10.2. The van der Waals surface area contributed by atoms with E-state index in [1.54, 1.807) is 13.0 Å². The molecule has 2 aromatic carbocycles. The van der Waals surface area contributed by atoms with Crippen LogP contribution in [0.5, 0.6) is 5.75 Å². The minimum Gasteiger partial charge on any atom is -0.481 e. The molecule has 10 heteroatoms. The number of non-ortho nitro benzene ring substituents is 1. The second kappa shape index (κ2) is 10.1. The number of nitrogens with zero attached hydrogens (tertiary/aromatic N) is 2. The maximum Gasteiger partial charge on any atom is 0.279 e. The van der Waals surface area contributed by atoms with Gasteiger partial charge in [-0.15, -0.1) is 0 Å². The smallest absolute Gasteiger partial charge is 0.279 e. The van der Waals surface area contributed by atoms with E-state index in [1.807, 2.05) is 30.9 Å². The van der Waals surface area contributed by atoms with Crippen LogP contribution < -0.4 is 20.5 Å². The fourth-order valence-electron chi connectivity index (χ4n) is 3.28. The van der Waals surface area contributed by atoms with Gasteiger partial charge in [-0.2, -0.15) is 0 Å². The van der Waals surface area contributed by atoms with Crippen molar-refractivity contribution in [1.29, 1.82) is 0 Å². The Hall–Kier alpha value is -3.66. The van der Waals surface area contributed by atoms with Crippen LogP contribution >= 0.6 is 0 Å². The van der Waals surface area contributed by atoms with Gasteiger partial charge in [0, 0.05) is 25.2 Å². The Morgan fingerprint density at radius 2 is 1.88 bits per heavy atom. The summed E-state index contributed by atoms with van der Waals surface area (Å²) in [4.78, 5) is 37.8. The van der Waals surface area contributed by atoms with Crippen molar-refractivity contribution in [2.45, 2.75) is 26.9 Å². The molecule has 3 rings (SSSR count). The molecule has 10 nitrogen and oxygen atoms in total. The second-order valence-corrected chi connectivity index (χ2v) is 7.46. The predicted octanol–water partition coefficient (Wildman–Crippen LogP) is 2.28. The standard InChI is InChI=1S/C22H26N4O6/c1-14-5-4-6-20(15(14)2)32-16(3)21(27)23-24-22(28)18-13-17(26(29)30)7-8-19(18)25-9-11-31-12-10-25/h4-8,13,16H,9-12H2,1-3H3,(H,23,27)(H,24,28). The average Bonchev–Trinajstić information content (AvgIpc) is 2.80. The quantitative estimate of drug-likeness (QED) is 0.520. The number of nitro groups is 1. The third kappa shape index (κ3) is 5.33. The highest BCUT2D eigenvalue weighted by atomic mass is 16.6. The largest absolute Gasteiger partial charge is 0.481 e. The predicted molar refractivity (Wildman–Crippen MR) is 118 cm³/mol. The SMILES string of the molecule is Cc1cccc(OC(C)C(=O)NNC(=O)c2cc([N+](=O)[O-])ccc2N2CCOCC2)c1C. The van der Waals surface area contributed by atoms with Gasteiger partial charge < -0.3 is 14.4 Å². The van der Waals surface area contributed by atoms with Crippen molar-refractivity contribution in [3.05, 3.63) is 63.2 Å². The summed E-state index contributed by atoms with van der Waals surface area (Å²) in [5.41, 5.74) is 7.03. The number of carbonyl (C=O) groups is 2. The zero-order valence-electron chi connectivity index (χ0n) is 18.2. The molecule has 0 spiro atoms. The molecular formula is C22H26N4O6. The Morgan fingerprint density at radius 3 is 2.56 bits per heavy atom. The zero-order chi connectivity index (χ0) is 23.3. The van der Waals surface area contributed by atoms with E-state index in [-0.39, 0.29) is 11.3 Å². The first kappa shape index (κ1) is 23.0. The first-order chi connectivity index (χ1) is 15.3. The lowest BCUT2D eigenvalue weighted by molar-refractivity contribution is -0.384. The van der Waals surface area contributed by atoms with Crippen LogP contribution in [-0.4, -0.2) is 49.1 Å². The van der Waals surface area contributed by atoms with Crippen LogP contribution in [0.3, 0.4) is 0 Å². The van der Waals surface area contributed by atoms with Gasteiger partial charge in [-0.3, -0.25) is 30.6 Å². The van der Waals surface area contributed by atoms with Gasteiger partial charge in [0.05, 0.1) is 29.4 Å². The topological polar surface area (TPSA) is 123 Å². The van der Waals surface area contributed by atoms with Crippen molar-refractivity contribution >= 4 is 23.2 Å². The van der Waals surface area contributed by atoms with Gasteiger partial charge in [-0.05, 0) is 44.0 Å². The monoisotopic (exact) mass is 442 g/mol. The Balaban J connectivity index is 1.70. The van der Waals surface area contributed by atoms with E-state index < -0.39 is 22.8 Å². The highest BCUT2D eigenvalue weighted by molar-refractivity contribution is 6.01. The molecule has 2 N–H and O–H groups in total.